The van der Waals surface area contributed by atoms with Crippen molar-refractivity contribution in [2.75, 3.05) is 0 Å². The highest BCUT2D eigenvalue weighted by molar-refractivity contribution is 5.15. The van der Waals surface area contributed by atoms with Crippen molar-refractivity contribution in [2.24, 2.45) is 5.92 Å². The molecule has 2 rings (SSSR count). The Hall–Kier alpha value is -0.820. The first-order chi connectivity index (χ1) is 9.59. The molecule has 1 aliphatic rings. The van der Waals surface area contributed by atoms with Gasteiger partial charge in [-0.25, -0.2) is 0 Å². The van der Waals surface area contributed by atoms with Gasteiger partial charge in [0.05, 0.1) is 0 Å². The average molecular weight is 273 g/mol. The van der Waals surface area contributed by atoms with E-state index in [4.69, 9.17) is 0 Å². The number of benzene rings is 1. The Morgan fingerprint density at radius 1 is 1.05 bits per heavy atom. The summed E-state index contributed by atoms with van der Waals surface area (Å²) in [6.07, 6.45) is 9.33. The summed E-state index contributed by atoms with van der Waals surface area (Å²) in [6.45, 7) is 7.06. The summed E-state index contributed by atoms with van der Waals surface area (Å²) in [5.41, 5.74) is 1.71. The molecule has 1 aromatic carbocycles. The van der Waals surface area contributed by atoms with E-state index in [-0.39, 0.29) is 5.54 Å². The molecule has 1 fully saturated rings. The van der Waals surface area contributed by atoms with Gasteiger partial charge in [-0.15, -0.1) is 0 Å². The quantitative estimate of drug-likeness (QED) is 0.772. The van der Waals surface area contributed by atoms with Crippen molar-refractivity contribution in [1.29, 1.82) is 0 Å². The molecule has 112 valence electrons. The molecule has 0 aromatic heterocycles. The molecule has 1 heteroatoms. The van der Waals surface area contributed by atoms with Crippen molar-refractivity contribution in [3.8, 4) is 0 Å². The lowest BCUT2D eigenvalue weighted by molar-refractivity contribution is 0.230. The standard InChI is InChI=1S/C19H31N/c1-4-16-10-12-18(13-11-16)20-19(2,3)15-14-17-8-6-5-7-9-17/h5-9,16,18,20H,4,10-15H2,1-3H3. The summed E-state index contributed by atoms with van der Waals surface area (Å²) in [4.78, 5) is 0. The van der Waals surface area contributed by atoms with E-state index in [0.29, 0.717) is 0 Å². The van der Waals surface area contributed by atoms with Crippen LogP contribution in [-0.2, 0) is 6.42 Å². The van der Waals surface area contributed by atoms with E-state index in [2.05, 4.69) is 56.4 Å². The first kappa shape index (κ1) is 15.6. The Morgan fingerprint density at radius 3 is 2.30 bits per heavy atom. The van der Waals surface area contributed by atoms with Gasteiger partial charge in [-0.3, -0.25) is 0 Å². The topological polar surface area (TPSA) is 12.0 Å². The van der Waals surface area contributed by atoms with Crippen molar-refractivity contribution in [1.82, 2.24) is 5.32 Å². The molecule has 0 unspecified atom stereocenters. The van der Waals surface area contributed by atoms with Gasteiger partial charge in [-0.05, 0) is 63.9 Å². The van der Waals surface area contributed by atoms with Crippen molar-refractivity contribution in [3.05, 3.63) is 35.9 Å². The second-order valence-corrected chi connectivity index (χ2v) is 7.14. The molecule has 1 nitrogen and oxygen atoms in total. The third kappa shape index (κ3) is 4.94. The molecule has 0 heterocycles. The molecule has 0 radical (unpaired) electrons. The lowest BCUT2D eigenvalue weighted by Gasteiger charge is -2.36. The van der Waals surface area contributed by atoms with Crippen molar-refractivity contribution >= 4 is 0 Å². The maximum Gasteiger partial charge on any atom is 0.0130 e. The van der Waals surface area contributed by atoms with Crippen molar-refractivity contribution in [3.63, 3.8) is 0 Å². The van der Waals surface area contributed by atoms with Gasteiger partial charge in [-0.2, -0.15) is 0 Å². The molecule has 0 aliphatic heterocycles. The number of hydrogen-bond acceptors (Lipinski definition) is 1. The van der Waals surface area contributed by atoms with Crippen LogP contribution < -0.4 is 5.32 Å². The summed E-state index contributed by atoms with van der Waals surface area (Å²) in [5.74, 6) is 0.987. The monoisotopic (exact) mass is 273 g/mol. The van der Waals surface area contributed by atoms with Gasteiger partial charge in [0.2, 0.25) is 0 Å². The number of nitrogens with one attached hydrogen (secondary N) is 1. The highest BCUT2D eigenvalue weighted by Gasteiger charge is 2.25. The van der Waals surface area contributed by atoms with Crippen LogP contribution in [0.15, 0.2) is 30.3 Å². The molecule has 0 atom stereocenters. The van der Waals surface area contributed by atoms with E-state index in [1.54, 1.807) is 0 Å². The minimum atomic E-state index is 0.250. The Balaban J connectivity index is 1.76. The summed E-state index contributed by atoms with van der Waals surface area (Å²) >= 11 is 0. The Labute approximate surface area is 125 Å². The maximum absolute atomic E-state index is 3.91. The summed E-state index contributed by atoms with van der Waals surface area (Å²) < 4.78 is 0. The lowest BCUT2D eigenvalue weighted by atomic mass is 9.83. The van der Waals surface area contributed by atoms with Crippen molar-refractivity contribution < 1.29 is 0 Å². The second-order valence-electron chi connectivity index (χ2n) is 7.14. The van der Waals surface area contributed by atoms with Crippen LogP contribution >= 0.6 is 0 Å². The van der Waals surface area contributed by atoms with E-state index < -0.39 is 0 Å². The molecule has 1 aliphatic carbocycles. The van der Waals surface area contributed by atoms with Crippen LogP contribution in [0.1, 0.15) is 64.9 Å². The van der Waals surface area contributed by atoms with Gasteiger partial charge in [0.1, 0.15) is 0 Å². The normalized spacial score (nSPS) is 23.8. The molecule has 0 spiro atoms. The average Bonchev–Trinajstić information content (AvgIpc) is 2.47. The Morgan fingerprint density at radius 2 is 1.70 bits per heavy atom. The van der Waals surface area contributed by atoms with Crippen LogP contribution in [0.2, 0.25) is 0 Å². The fraction of sp³-hybridized carbons (Fsp3) is 0.684. The van der Waals surface area contributed by atoms with Crippen LogP contribution in [0.3, 0.4) is 0 Å². The van der Waals surface area contributed by atoms with Crippen molar-refractivity contribution in [2.45, 2.75) is 77.3 Å². The van der Waals surface area contributed by atoms with E-state index in [0.717, 1.165) is 12.0 Å². The fourth-order valence-corrected chi connectivity index (χ4v) is 3.44. The molecule has 1 saturated carbocycles. The zero-order valence-electron chi connectivity index (χ0n) is 13.5. The lowest BCUT2D eigenvalue weighted by Crippen LogP contribution is -2.47. The van der Waals surface area contributed by atoms with Crippen LogP contribution in [0, 0.1) is 5.92 Å². The largest absolute Gasteiger partial charge is 0.309 e. The molecule has 0 saturated heterocycles. The van der Waals surface area contributed by atoms with Crippen LogP contribution in [0.25, 0.3) is 0 Å². The molecule has 1 aromatic rings. The highest BCUT2D eigenvalue weighted by Crippen LogP contribution is 2.28. The number of hydrogen-bond donors (Lipinski definition) is 1. The Kier molecular flexibility index (Phi) is 5.65. The van der Waals surface area contributed by atoms with Gasteiger partial charge in [0.15, 0.2) is 0 Å². The fourth-order valence-electron chi connectivity index (χ4n) is 3.44. The second kappa shape index (κ2) is 7.26. The van der Waals surface area contributed by atoms with Crippen LogP contribution in [-0.4, -0.2) is 11.6 Å². The summed E-state index contributed by atoms with van der Waals surface area (Å²) in [6, 6.07) is 11.6. The van der Waals surface area contributed by atoms with Crippen LogP contribution in [0.5, 0.6) is 0 Å². The van der Waals surface area contributed by atoms with Crippen LogP contribution in [0.4, 0.5) is 0 Å². The smallest absolute Gasteiger partial charge is 0.0130 e. The summed E-state index contributed by atoms with van der Waals surface area (Å²) in [7, 11) is 0. The zero-order valence-corrected chi connectivity index (χ0v) is 13.5. The first-order valence-electron chi connectivity index (χ1n) is 8.40. The third-order valence-electron chi connectivity index (χ3n) is 4.90. The highest BCUT2D eigenvalue weighted by atomic mass is 15.0. The zero-order chi connectivity index (χ0) is 14.4. The van der Waals surface area contributed by atoms with E-state index in [1.807, 2.05) is 0 Å². The molecular weight excluding hydrogens is 242 g/mol. The van der Waals surface area contributed by atoms with Gasteiger partial charge >= 0.3 is 0 Å². The predicted octanol–water partition coefficient (Wildman–Crippen LogP) is 4.96. The molecular formula is C19H31N. The number of rotatable bonds is 6. The van der Waals surface area contributed by atoms with E-state index in [1.165, 1.54) is 50.5 Å². The predicted molar refractivity (Wildman–Crippen MR) is 88.0 cm³/mol. The summed E-state index contributed by atoms with van der Waals surface area (Å²) in [5, 5.41) is 3.91. The Bertz CT molecular complexity index is 374. The minimum absolute atomic E-state index is 0.250. The molecule has 0 bridgehead atoms. The van der Waals surface area contributed by atoms with Gasteiger partial charge in [-0.1, -0.05) is 43.7 Å². The third-order valence-corrected chi connectivity index (χ3v) is 4.90. The van der Waals surface area contributed by atoms with E-state index >= 15 is 0 Å². The molecule has 20 heavy (non-hydrogen) atoms. The molecule has 1 N–H and O–H groups in total. The van der Waals surface area contributed by atoms with Gasteiger partial charge < -0.3 is 5.32 Å². The SMILES string of the molecule is CCC1CCC(NC(C)(C)CCc2ccccc2)CC1. The molecule has 0 amide bonds. The number of aryl methyl sites for hydroxylation is 1. The maximum atomic E-state index is 3.91. The van der Waals surface area contributed by atoms with Gasteiger partial charge in [0.25, 0.3) is 0 Å². The van der Waals surface area contributed by atoms with Gasteiger partial charge in [0, 0.05) is 11.6 Å². The van der Waals surface area contributed by atoms with E-state index in [9.17, 15) is 0 Å². The minimum Gasteiger partial charge on any atom is -0.309 e. The first-order valence-corrected chi connectivity index (χ1v) is 8.40.